The zero-order valence-electron chi connectivity index (χ0n) is 9.98. The van der Waals surface area contributed by atoms with Gasteiger partial charge in [0.05, 0.1) is 11.0 Å². The van der Waals surface area contributed by atoms with Crippen molar-refractivity contribution in [1.29, 1.82) is 0 Å². The van der Waals surface area contributed by atoms with Gasteiger partial charge in [0, 0.05) is 25.7 Å². The summed E-state index contributed by atoms with van der Waals surface area (Å²) in [4.78, 5) is 2.31. The number of nitrogens with zero attached hydrogens (tertiary/aromatic N) is 1. The van der Waals surface area contributed by atoms with Gasteiger partial charge < -0.3 is 10.2 Å². The van der Waals surface area contributed by atoms with E-state index in [-0.39, 0.29) is 5.25 Å². The lowest BCUT2D eigenvalue weighted by Crippen LogP contribution is -2.37. The molecule has 2 atom stereocenters. The fourth-order valence-corrected chi connectivity index (χ4v) is 4.46. The molecular weight excluding hydrogens is 224 g/mol. The highest BCUT2D eigenvalue weighted by Crippen LogP contribution is 2.21. The molecule has 2 rings (SSSR count). The molecule has 0 aromatic carbocycles. The Morgan fingerprint density at radius 2 is 2.12 bits per heavy atom. The lowest BCUT2D eigenvalue weighted by Gasteiger charge is -2.22. The van der Waals surface area contributed by atoms with Crippen molar-refractivity contribution in [3.63, 3.8) is 0 Å². The molecular formula is C11H22N2O2S. The van der Waals surface area contributed by atoms with Gasteiger partial charge in [0.1, 0.15) is 0 Å². The van der Waals surface area contributed by atoms with Crippen LogP contribution in [0.4, 0.5) is 0 Å². The summed E-state index contributed by atoms with van der Waals surface area (Å²) in [5, 5.41) is 3.33. The Labute approximate surface area is 98.3 Å². The van der Waals surface area contributed by atoms with Crippen LogP contribution in [0.2, 0.25) is 0 Å². The molecule has 0 aliphatic carbocycles. The molecule has 0 saturated carbocycles. The Hall–Kier alpha value is -0.130. The Bertz CT molecular complexity index is 329. The molecule has 0 amide bonds. The summed E-state index contributed by atoms with van der Waals surface area (Å²) in [7, 11) is -2.77. The summed E-state index contributed by atoms with van der Waals surface area (Å²) >= 11 is 0. The van der Waals surface area contributed by atoms with E-state index in [1.165, 1.54) is 0 Å². The predicted octanol–water partition coefficient (Wildman–Crippen LogP) is 0.247. The Kier molecular flexibility index (Phi) is 3.87. The van der Waals surface area contributed by atoms with Gasteiger partial charge >= 0.3 is 0 Å². The van der Waals surface area contributed by atoms with Crippen LogP contribution in [0.3, 0.4) is 0 Å². The third kappa shape index (κ3) is 2.96. The van der Waals surface area contributed by atoms with E-state index in [9.17, 15) is 8.42 Å². The van der Waals surface area contributed by atoms with Crippen molar-refractivity contribution < 1.29 is 8.42 Å². The van der Waals surface area contributed by atoms with Crippen molar-refractivity contribution in [3.8, 4) is 0 Å². The van der Waals surface area contributed by atoms with Gasteiger partial charge in [-0.2, -0.15) is 0 Å². The number of hydrogen-bond acceptors (Lipinski definition) is 4. The molecule has 2 aliphatic heterocycles. The van der Waals surface area contributed by atoms with Crippen LogP contribution in [0, 0.1) is 0 Å². The molecule has 0 aromatic rings. The van der Waals surface area contributed by atoms with Gasteiger partial charge in [-0.15, -0.1) is 0 Å². The topological polar surface area (TPSA) is 49.4 Å². The third-order valence-corrected chi connectivity index (χ3v) is 5.98. The van der Waals surface area contributed by atoms with Gasteiger partial charge in [-0.1, -0.05) is 0 Å². The maximum Gasteiger partial charge on any atom is 0.154 e. The van der Waals surface area contributed by atoms with Gasteiger partial charge in [0.25, 0.3) is 0 Å². The molecule has 0 radical (unpaired) electrons. The van der Waals surface area contributed by atoms with Crippen LogP contribution >= 0.6 is 0 Å². The minimum Gasteiger partial charge on any atom is -0.313 e. The van der Waals surface area contributed by atoms with Crippen LogP contribution in [-0.4, -0.2) is 56.5 Å². The highest BCUT2D eigenvalue weighted by atomic mass is 32.2. The van der Waals surface area contributed by atoms with Gasteiger partial charge in [-0.3, -0.25) is 0 Å². The first-order chi connectivity index (χ1) is 7.58. The summed E-state index contributed by atoms with van der Waals surface area (Å²) < 4.78 is 23.5. The standard InChI is InChI=1S/C11H22N2O2S/c1-10-4-6-13(7-5-12-10)9-11-3-2-8-16(11,14)15/h10-12H,2-9H2,1H3. The second-order valence-corrected chi connectivity index (χ2v) is 7.48. The van der Waals surface area contributed by atoms with Crippen LogP contribution in [0.5, 0.6) is 0 Å². The quantitative estimate of drug-likeness (QED) is 0.759. The van der Waals surface area contributed by atoms with Crippen molar-refractivity contribution in [2.45, 2.75) is 37.5 Å². The molecule has 0 spiro atoms. The molecule has 0 aromatic heterocycles. The van der Waals surface area contributed by atoms with Crippen molar-refractivity contribution in [1.82, 2.24) is 10.2 Å². The molecule has 0 bridgehead atoms. The zero-order valence-corrected chi connectivity index (χ0v) is 10.8. The molecule has 2 unspecified atom stereocenters. The van der Waals surface area contributed by atoms with E-state index in [2.05, 4.69) is 17.1 Å². The van der Waals surface area contributed by atoms with Crippen LogP contribution in [0.1, 0.15) is 26.2 Å². The Morgan fingerprint density at radius 1 is 1.31 bits per heavy atom. The largest absolute Gasteiger partial charge is 0.313 e. The first kappa shape index (κ1) is 12.3. The second-order valence-electron chi connectivity index (χ2n) is 5.08. The highest BCUT2D eigenvalue weighted by molar-refractivity contribution is 7.92. The van der Waals surface area contributed by atoms with Crippen molar-refractivity contribution >= 4 is 9.84 Å². The molecule has 2 aliphatic rings. The Morgan fingerprint density at radius 3 is 2.81 bits per heavy atom. The first-order valence-electron chi connectivity index (χ1n) is 6.25. The van der Waals surface area contributed by atoms with E-state index in [0.717, 1.165) is 45.4 Å². The third-order valence-electron chi connectivity index (χ3n) is 3.72. The van der Waals surface area contributed by atoms with E-state index in [4.69, 9.17) is 0 Å². The summed E-state index contributed by atoms with van der Waals surface area (Å²) in [6.45, 7) is 5.93. The van der Waals surface area contributed by atoms with E-state index in [1.807, 2.05) is 0 Å². The van der Waals surface area contributed by atoms with Crippen LogP contribution in [0.25, 0.3) is 0 Å². The fourth-order valence-electron chi connectivity index (χ4n) is 2.59. The minimum absolute atomic E-state index is 0.0964. The smallest absolute Gasteiger partial charge is 0.154 e. The second kappa shape index (κ2) is 5.02. The average Bonchev–Trinajstić information content (AvgIpc) is 2.43. The summed E-state index contributed by atoms with van der Waals surface area (Å²) in [5.41, 5.74) is 0. The number of hydrogen-bond donors (Lipinski definition) is 1. The molecule has 4 nitrogen and oxygen atoms in total. The van der Waals surface area contributed by atoms with E-state index in [0.29, 0.717) is 11.8 Å². The van der Waals surface area contributed by atoms with Crippen LogP contribution < -0.4 is 5.32 Å². The summed E-state index contributed by atoms with van der Waals surface area (Å²) in [5.74, 6) is 0.403. The van der Waals surface area contributed by atoms with Gasteiger partial charge in [-0.05, 0) is 32.7 Å². The molecule has 2 heterocycles. The van der Waals surface area contributed by atoms with Crippen molar-refractivity contribution in [2.75, 3.05) is 31.9 Å². The SMILES string of the molecule is CC1CCN(CC2CCCS2(=O)=O)CCN1. The predicted molar refractivity (Wildman–Crippen MR) is 65.3 cm³/mol. The van der Waals surface area contributed by atoms with Gasteiger partial charge in [-0.25, -0.2) is 8.42 Å². The normalized spacial score (nSPS) is 36.1. The summed E-state index contributed by atoms with van der Waals surface area (Å²) in [6, 6.07) is 0.560. The molecule has 94 valence electrons. The highest BCUT2D eigenvalue weighted by Gasteiger charge is 2.32. The van der Waals surface area contributed by atoms with E-state index >= 15 is 0 Å². The Balaban J connectivity index is 1.89. The lowest BCUT2D eigenvalue weighted by molar-refractivity contribution is 0.287. The first-order valence-corrected chi connectivity index (χ1v) is 7.97. The number of rotatable bonds is 2. The maximum atomic E-state index is 11.7. The van der Waals surface area contributed by atoms with Crippen molar-refractivity contribution in [3.05, 3.63) is 0 Å². The van der Waals surface area contributed by atoms with Crippen LogP contribution in [-0.2, 0) is 9.84 Å². The van der Waals surface area contributed by atoms with E-state index < -0.39 is 9.84 Å². The molecule has 2 saturated heterocycles. The van der Waals surface area contributed by atoms with Gasteiger partial charge in [0.15, 0.2) is 9.84 Å². The average molecular weight is 246 g/mol. The fraction of sp³-hybridized carbons (Fsp3) is 1.00. The molecule has 16 heavy (non-hydrogen) atoms. The van der Waals surface area contributed by atoms with Crippen molar-refractivity contribution in [2.24, 2.45) is 0 Å². The molecule has 2 fully saturated rings. The monoisotopic (exact) mass is 246 g/mol. The van der Waals surface area contributed by atoms with Crippen LogP contribution in [0.15, 0.2) is 0 Å². The maximum absolute atomic E-state index is 11.7. The summed E-state index contributed by atoms with van der Waals surface area (Å²) in [6.07, 6.45) is 2.84. The van der Waals surface area contributed by atoms with E-state index in [1.54, 1.807) is 0 Å². The lowest BCUT2D eigenvalue weighted by atomic mass is 10.2. The molecule has 5 heteroatoms. The molecule has 1 N–H and O–H groups in total. The zero-order chi connectivity index (χ0) is 11.6. The van der Waals surface area contributed by atoms with Gasteiger partial charge in [0.2, 0.25) is 0 Å². The minimum atomic E-state index is -2.77. The number of sulfone groups is 1. The number of nitrogens with one attached hydrogen (secondary N) is 1.